The molecule has 1 amide bonds. The van der Waals surface area contributed by atoms with E-state index in [9.17, 15) is 14.2 Å². The molecule has 0 aliphatic rings. The van der Waals surface area contributed by atoms with Crippen LogP contribution in [0.15, 0.2) is 24.8 Å². The van der Waals surface area contributed by atoms with Gasteiger partial charge in [-0.15, -0.1) is 6.58 Å². The van der Waals surface area contributed by atoms with E-state index in [4.69, 9.17) is 24.0 Å². The third-order valence-electron chi connectivity index (χ3n) is 10.9. The molecule has 0 aromatic heterocycles. The van der Waals surface area contributed by atoms with Crippen LogP contribution in [0.2, 0.25) is 0 Å². The SMILES string of the molecule is C=CCOP(=O)(OCCN)OC[C@H](NC(=O)CCCCCCCCCCCCC)[C@@H](C=CCCCCCCCCCCCCC)OC(=O)CCCCCCCCCCC. The Balaban J connectivity index is 5.53. The Bertz CT molecular complexity index is 1030. The van der Waals surface area contributed by atoms with E-state index in [0.29, 0.717) is 12.8 Å². The van der Waals surface area contributed by atoms with Crippen LogP contribution >= 0.6 is 7.82 Å². The Labute approximate surface area is 364 Å². The molecule has 0 aromatic carbocycles. The Morgan fingerprint density at radius 2 is 1.02 bits per heavy atom. The second kappa shape index (κ2) is 44.5. The first-order valence-corrected chi connectivity index (χ1v) is 26.3. The van der Waals surface area contributed by atoms with Gasteiger partial charge in [0.1, 0.15) is 6.10 Å². The van der Waals surface area contributed by atoms with Crippen molar-refractivity contribution in [2.24, 2.45) is 5.73 Å². The number of hydrogen-bond acceptors (Lipinski definition) is 8. The lowest BCUT2D eigenvalue weighted by Gasteiger charge is -2.27. The Hall–Kier alpha value is -1.51. The zero-order valence-corrected chi connectivity index (χ0v) is 39.7. The number of esters is 1. The number of ether oxygens (including phenoxy) is 1. The molecule has 0 aliphatic heterocycles. The summed E-state index contributed by atoms with van der Waals surface area (Å²) in [5, 5.41) is 3.07. The molecule has 1 unspecified atom stereocenters. The summed E-state index contributed by atoms with van der Waals surface area (Å²) in [6.45, 7) is 10.2. The number of allylic oxidation sites excluding steroid dienone is 1. The summed E-state index contributed by atoms with van der Waals surface area (Å²) < 4.78 is 36.3. The van der Waals surface area contributed by atoms with Crippen LogP contribution in [0.1, 0.15) is 239 Å². The third-order valence-corrected chi connectivity index (χ3v) is 12.4. The lowest BCUT2D eigenvalue weighted by Crippen LogP contribution is -2.47. The van der Waals surface area contributed by atoms with Crippen molar-refractivity contribution in [2.45, 2.75) is 251 Å². The zero-order chi connectivity index (χ0) is 43.3. The quantitative estimate of drug-likeness (QED) is 0.0268. The molecule has 0 aromatic rings. The second-order valence-corrected chi connectivity index (χ2v) is 18.4. The van der Waals surface area contributed by atoms with Crippen molar-refractivity contribution >= 4 is 19.7 Å². The number of nitrogens with one attached hydrogen (secondary N) is 1. The van der Waals surface area contributed by atoms with E-state index in [0.717, 1.165) is 57.8 Å². The standard InChI is InChI=1S/C49H95N2O7P/c1-5-9-12-15-18-21-23-24-26-28-30-33-36-39-47(58-49(53)41-38-35-32-27-20-17-14-11-7-3)46(45-57-59(54,55-43-8-4)56-44-42-50)51-48(52)40-37-34-31-29-25-22-19-16-13-10-6-2/h8,36,39,46-47H,4-7,9-35,37-38,40-45,50H2,1-3H3,(H,51,52)/t46-,47+,59?/m0/s1. The number of phosphoric ester groups is 1. The normalized spacial score (nSPS) is 13.7. The molecule has 9 nitrogen and oxygen atoms in total. The number of unbranched alkanes of at least 4 members (excludes halogenated alkanes) is 29. The molecule has 348 valence electrons. The van der Waals surface area contributed by atoms with Crippen molar-refractivity contribution in [3.8, 4) is 0 Å². The van der Waals surface area contributed by atoms with Gasteiger partial charge in [-0.3, -0.25) is 23.2 Å². The second-order valence-electron chi connectivity index (χ2n) is 16.7. The van der Waals surface area contributed by atoms with Gasteiger partial charge in [-0.25, -0.2) is 4.57 Å². The van der Waals surface area contributed by atoms with E-state index >= 15 is 0 Å². The van der Waals surface area contributed by atoms with Crippen molar-refractivity contribution < 1.29 is 32.5 Å². The number of phosphoric acid groups is 1. The molecule has 10 heteroatoms. The van der Waals surface area contributed by atoms with Gasteiger partial charge in [-0.2, -0.15) is 0 Å². The predicted octanol–water partition coefficient (Wildman–Crippen LogP) is 14.6. The highest BCUT2D eigenvalue weighted by atomic mass is 31.2. The topological polar surface area (TPSA) is 126 Å². The highest BCUT2D eigenvalue weighted by Gasteiger charge is 2.32. The summed E-state index contributed by atoms with van der Waals surface area (Å²) in [5.74, 6) is -0.467. The number of carbonyl (C=O) groups excluding carboxylic acids is 2. The number of carbonyl (C=O) groups is 2. The van der Waals surface area contributed by atoms with Gasteiger partial charge in [0.25, 0.3) is 0 Å². The lowest BCUT2D eigenvalue weighted by molar-refractivity contribution is -0.149. The fourth-order valence-electron chi connectivity index (χ4n) is 7.24. The van der Waals surface area contributed by atoms with Crippen LogP contribution in [0.25, 0.3) is 0 Å². The molecule has 0 saturated heterocycles. The summed E-state index contributed by atoms with van der Waals surface area (Å²) in [4.78, 5) is 26.7. The number of amides is 1. The van der Waals surface area contributed by atoms with Crippen molar-refractivity contribution in [2.75, 3.05) is 26.4 Å². The molecule has 0 radical (unpaired) electrons. The molecule has 3 N–H and O–H groups in total. The number of rotatable bonds is 47. The van der Waals surface area contributed by atoms with Crippen LogP contribution in [-0.2, 0) is 32.5 Å². The van der Waals surface area contributed by atoms with E-state index in [-0.39, 0.29) is 38.2 Å². The van der Waals surface area contributed by atoms with Gasteiger partial charge in [0, 0.05) is 19.4 Å². The maximum atomic E-state index is 13.5. The van der Waals surface area contributed by atoms with Gasteiger partial charge in [0.05, 0.1) is 25.9 Å². The van der Waals surface area contributed by atoms with Gasteiger partial charge in [-0.05, 0) is 31.8 Å². The first kappa shape index (κ1) is 57.5. The average Bonchev–Trinajstić information content (AvgIpc) is 3.23. The number of nitrogens with two attached hydrogens (primary N) is 1. The van der Waals surface area contributed by atoms with Crippen LogP contribution in [0.5, 0.6) is 0 Å². The maximum Gasteiger partial charge on any atom is 0.475 e. The highest BCUT2D eigenvalue weighted by molar-refractivity contribution is 7.48. The molecule has 3 atom stereocenters. The minimum atomic E-state index is -4.04. The van der Waals surface area contributed by atoms with Crippen LogP contribution in [0.4, 0.5) is 0 Å². The lowest BCUT2D eigenvalue weighted by atomic mass is 10.0. The van der Waals surface area contributed by atoms with Crippen LogP contribution in [-0.4, -0.2) is 50.4 Å². The van der Waals surface area contributed by atoms with Crippen LogP contribution in [0, 0.1) is 0 Å². The van der Waals surface area contributed by atoms with Crippen molar-refractivity contribution in [3.05, 3.63) is 24.8 Å². The summed E-state index contributed by atoms with van der Waals surface area (Å²) >= 11 is 0. The van der Waals surface area contributed by atoms with Crippen LogP contribution < -0.4 is 11.1 Å². The minimum absolute atomic E-state index is 0.0275. The molecule has 0 spiro atoms. The molecule has 0 heterocycles. The maximum absolute atomic E-state index is 13.5. The van der Waals surface area contributed by atoms with E-state index < -0.39 is 20.0 Å². The third kappa shape index (κ3) is 39.1. The minimum Gasteiger partial charge on any atom is -0.456 e. The van der Waals surface area contributed by atoms with Crippen LogP contribution in [0.3, 0.4) is 0 Å². The zero-order valence-electron chi connectivity index (χ0n) is 38.8. The average molecular weight is 855 g/mol. The summed E-state index contributed by atoms with van der Waals surface area (Å²) in [5.41, 5.74) is 5.63. The molecule has 0 aliphatic carbocycles. The van der Waals surface area contributed by atoms with Gasteiger partial charge in [0.15, 0.2) is 0 Å². The number of hydrogen-bond donors (Lipinski definition) is 2. The smallest absolute Gasteiger partial charge is 0.456 e. The molecular weight excluding hydrogens is 760 g/mol. The van der Waals surface area contributed by atoms with E-state index in [1.807, 2.05) is 12.2 Å². The van der Waals surface area contributed by atoms with E-state index in [1.54, 1.807) is 0 Å². The highest BCUT2D eigenvalue weighted by Crippen LogP contribution is 2.49. The van der Waals surface area contributed by atoms with Gasteiger partial charge >= 0.3 is 13.8 Å². The van der Waals surface area contributed by atoms with E-state index in [2.05, 4.69) is 32.7 Å². The van der Waals surface area contributed by atoms with Gasteiger partial charge < -0.3 is 15.8 Å². The Morgan fingerprint density at radius 1 is 0.593 bits per heavy atom. The van der Waals surface area contributed by atoms with Gasteiger partial charge in [-0.1, -0.05) is 213 Å². The molecule has 0 saturated carbocycles. The summed E-state index contributed by atoms with van der Waals surface area (Å²) in [6, 6.07) is -0.794. The summed E-state index contributed by atoms with van der Waals surface area (Å²) in [6.07, 6.45) is 43.6. The fourth-order valence-corrected chi connectivity index (χ4v) is 8.43. The first-order chi connectivity index (χ1) is 28.9. The van der Waals surface area contributed by atoms with Gasteiger partial charge in [0.2, 0.25) is 5.91 Å². The fraction of sp³-hybridized carbons (Fsp3) is 0.878. The molecule has 0 fully saturated rings. The molecule has 0 bridgehead atoms. The monoisotopic (exact) mass is 855 g/mol. The largest absolute Gasteiger partial charge is 0.475 e. The predicted molar refractivity (Wildman–Crippen MR) is 250 cm³/mol. The van der Waals surface area contributed by atoms with Crippen molar-refractivity contribution in [1.82, 2.24) is 5.32 Å². The first-order valence-electron chi connectivity index (χ1n) is 24.9. The Kier molecular flexibility index (Phi) is 43.4. The molecular formula is C49H95N2O7P. The van der Waals surface area contributed by atoms with Crippen molar-refractivity contribution in [3.63, 3.8) is 0 Å². The van der Waals surface area contributed by atoms with Crippen molar-refractivity contribution in [1.29, 1.82) is 0 Å². The Morgan fingerprint density at radius 3 is 1.46 bits per heavy atom. The molecule has 59 heavy (non-hydrogen) atoms. The van der Waals surface area contributed by atoms with E-state index in [1.165, 1.54) is 154 Å². The molecule has 0 rings (SSSR count). The summed E-state index contributed by atoms with van der Waals surface area (Å²) in [7, 11) is -4.04.